The molecule has 0 aliphatic rings. The average molecular weight is 308 g/mol. The third kappa shape index (κ3) is 2.82. The zero-order valence-corrected chi connectivity index (χ0v) is 12.4. The number of aromatic nitrogens is 2. The van der Waals surface area contributed by atoms with E-state index < -0.39 is 5.91 Å². The predicted molar refractivity (Wildman–Crippen MR) is 81.3 cm³/mol. The van der Waals surface area contributed by atoms with Gasteiger partial charge in [-0.15, -0.1) is 11.3 Å². The van der Waals surface area contributed by atoms with E-state index in [0.717, 1.165) is 16.9 Å². The SMILES string of the molecule is CNC(=O)c1sc(NC(C)c2cn[nH]c2)c(C(N)=O)c1N. The molecule has 8 nitrogen and oxygen atoms in total. The van der Waals surface area contributed by atoms with Crippen LogP contribution in [0.25, 0.3) is 0 Å². The Bertz CT molecular complexity index is 664. The van der Waals surface area contributed by atoms with Crippen LogP contribution in [-0.4, -0.2) is 29.1 Å². The fourth-order valence-corrected chi connectivity index (χ4v) is 3.01. The van der Waals surface area contributed by atoms with Crippen LogP contribution in [0.15, 0.2) is 12.4 Å². The van der Waals surface area contributed by atoms with Crippen LogP contribution in [-0.2, 0) is 0 Å². The van der Waals surface area contributed by atoms with E-state index in [-0.39, 0.29) is 28.1 Å². The molecule has 9 heteroatoms. The molecule has 0 fully saturated rings. The smallest absolute Gasteiger partial charge is 0.263 e. The van der Waals surface area contributed by atoms with Crippen molar-refractivity contribution in [2.24, 2.45) is 5.73 Å². The van der Waals surface area contributed by atoms with Crippen LogP contribution in [0.4, 0.5) is 10.7 Å². The lowest BCUT2D eigenvalue weighted by atomic mass is 10.1. The van der Waals surface area contributed by atoms with Crippen molar-refractivity contribution in [3.63, 3.8) is 0 Å². The van der Waals surface area contributed by atoms with Crippen LogP contribution in [0.5, 0.6) is 0 Å². The molecule has 2 rings (SSSR count). The van der Waals surface area contributed by atoms with Crippen molar-refractivity contribution < 1.29 is 9.59 Å². The number of anilines is 2. The van der Waals surface area contributed by atoms with Gasteiger partial charge in [-0.3, -0.25) is 14.7 Å². The fourth-order valence-electron chi connectivity index (χ4n) is 1.85. The molecule has 0 aromatic carbocycles. The summed E-state index contributed by atoms with van der Waals surface area (Å²) >= 11 is 1.09. The minimum Gasteiger partial charge on any atom is -0.397 e. The molecule has 0 saturated heterocycles. The lowest BCUT2D eigenvalue weighted by Gasteiger charge is -2.12. The van der Waals surface area contributed by atoms with Crippen LogP contribution in [0.2, 0.25) is 0 Å². The Kier molecular flexibility index (Phi) is 4.13. The number of hydrogen-bond donors (Lipinski definition) is 5. The topological polar surface area (TPSA) is 139 Å². The molecule has 21 heavy (non-hydrogen) atoms. The van der Waals surface area contributed by atoms with Crippen LogP contribution in [0.3, 0.4) is 0 Å². The standard InChI is InChI=1S/C12H16N6O2S/c1-5(6-3-16-17-4-6)18-12-7(10(14)19)8(13)9(21-12)11(20)15-2/h3-5,18H,13H2,1-2H3,(H2,14,19)(H,15,20)(H,16,17). The lowest BCUT2D eigenvalue weighted by molar-refractivity contribution is 0.0967. The Morgan fingerprint density at radius 1 is 1.48 bits per heavy atom. The molecule has 1 unspecified atom stereocenters. The number of nitrogen functional groups attached to an aromatic ring is 1. The highest BCUT2D eigenvalue weighted by molar-refractivity contribution is 7.19. The predicted octanol–water partition coefficient (Wildman–Crippen LogP) is 0.685. The first-order chi connectivity index (χ1) is 9.95. The first kappa shape index (κ1) is 14.9. The van der Waals surface area contributed by atoms with Gasteiger partial charge >= 0.3 is 0 Å². The van der Waals surface area contributed by atoms with Gasteiger partial charge in [0.2, 0.25) is 0 Å². The van der Waals surface area contributed by atoms with Crippen LogP contribution in [0.1, 0.15) is 38.6 Å². The summed E-state index contributed by atoms with van der Waals surface area (Å²) in [6.45, 7) is 1.89. The summed E-state index contributed by atoms with van der Waals surface area (Å²) in [4.78, 5) is 23.6. The summed E-state index contributed by atoms with van der Waals surface area (Å²) in [5.41, 5.74) is 12.4. The molecular weight excluding hydrogens is 292 g/mol. The van der Waals surface area contributed by atoms with E-state index in [9.17, 15) is 9.59 Å². The van der Waals surface area contributed by atoms with Crippen molar-refractivity contribution in [2.75, 3.05) is 18.1 Å². The number of thiophene rings is 1. The van der Waals surface area contributed by atoms with Crippen molar-refractivity contribution in [3.8, 4) is 0 Å². The van der Waals surface area contributed by atoms with E-state index >= 15 is 0 Å². The van der Waals surface area contributed by atoms with Crippen molar-refractivity contribution >= 4 is 33.8 Å². The summed E-state index contributed by atoms with van der Waals surface area (Å²) in [7, 11) is 1.49. The van der Waals surface area contributed by atoms with E-state index in [1.165, 1.54) is 7.05 Å². The Labute approximate surface area is 124 Å². The number of nitrogens with one attached hydrogen (secondary N) is 3. The van der Waals surface area contributed by atoms with Gasteiger partial charge in [-0.1, -0.05) is 0 Å². The van der Waals surface area contributed by atoms with E-state index in [0.29, 0.717) is 5.00 Å². The Morgan fingerprint density at radius 2 is 2.19 bits per heavy atom. The zero-order valence-electron chi connectivity index (χ0n) is 11.6. The average Bonchev–Trinajstić information content (AvgIpc) is 3.06. The third-order valence-corrected chi connectivity index (χ3v) is 4.13. The van der Waals surface area contributed by atoms with Crippen LogP contribution < -0.4 is 22.1 Å². The summed E-state index contributed by atoms with van der Waals surface area (Å²) in [6, 6.07) is -0.127. The van der Waals surface area contributed by atoms with Gasteiger partial charge in [-0.2, -0.15) is 5.10 Å². The minimum atomic E-state index is -0.680. The largest absolute Gasteiger partial charge is 0.397 e. The summed E-state index contributed by atoms with van der Waals surface area (Å²) < 4.78 is 0. The van der Waals surface area contributed by atoms with E-state index in [1.807, 2.05) is 6.92 Å². The summed E-state index contributed by atoms with van der Waals surface area (Å²) in [6.07, 6.45) is 3.40. The monoisotopic (exact) mass is 308 g/mol. The van der Waals surface area contributed by atoms with Gasteiger partial charge in [0.15, 0.2) is 0 Å². The highest BCUT2D eigenvalue weighted by atomic mass is 32.1. The maximum atomic E-state index is 11.8. The first-order valence-electron chi connectivity index (χ1n) is 6.15. The summed E-state index contributed by atoms with van der Waals surface area (Å²) in [5.74, 6) is -1.04. The normalized spacial score (nSPS) is 11.9. The number of aromatic amines is 1. The Hall–Kier alpha value is -2.55. The van der Waals surface area contributed by atoms with Gasteiger partial charge in [0.25, 0.3) is 11.8 Å². The van der Waals surface area contributed by atoms with Crippen molar-refractivity contribution in [3.05, 3.63) is 28.4 Å². The maximum absolute atomic E-state index is 11.8. The van der Waals surface area contributed by atoms with Gasteiger partial charge in [0.1, 0.15) is 9.88 Å². The number of hydrogen-bond acceptors (Lipinski definition) is 6. The van der Waals surface area contributed by atoms with Crippen molar-refractivity contribution in [2.45, 2.75) is 13.0 Å². The lowest BCUT2D eigenvalue weighted by Crippen LogP contribution is -2.19. The molecule has 2 aromatic heterocycles. The number of nitrogens with two attached hydrogens (primary N) is 2. The number of amides is 2. The van der Waals surface area contributed by atoms with E-state index in [4.69, 9.17) is 11.5 Å². The fraction of sp³-hybridized carbons (Fsp3) is 0.250. The molecule has 7 N–H and O–H groups in total. The number of primary amides is 1. The molecule has 0 aliphatic heterocycles. The summed E-state index contributed by atoms with van der Waals surface area (Å²) in [5, 5.41) is 12.7. The molecular formula is C12H16N6O2S. The van der Waals surface area contributed by atoms with E-state index in [2.05, 4.69) is 20.8 Å². The van der Waals surface area contributed by atoms with Gasteiger partial charge in [-0.05, 0) is 6.92 Å². The van der Waals surface area contributed by atoms with Crippen molar-refractivity contribution in [1.82, 2.24) is 15.5 Å². The highest BCUT2D eigenvalue weighted by Crippen LogP contribution is 2.37. The number of nitrogens with zero attached hydrogens (tertiary/aromatic N) is 1. The number of carbonyl (C=O) groups is 2. The second kappa shape index (κ2) is 5.83. The number of carbonyl (C=O) groups excluding carboxylic acids is 2. The highest BCUT2D eigenvalue weighted by Gasteiger charge is 2.24. The molecule has 0 bridgehead atoms. The Balaban J connectivity index is 2.38. The van der Waals surface area contributed by atoms with Gasteiger partial charge < -0.3 is 22.1 Å². The Morgan fingerprint density at radius 3 is 2.71 bits per heavy atom. The first-order valence-corrected chi connectivity index (χ1v) is 6.96. The molecule has 1 atom stereocenters. The van der Waals surface area contributed by atoms with Gasteiger partial charge in [-0.25, -0.2) is 0 Å². The third-order valence-electron chi connectivity index (χ3n) is 2.99. The molecule has 0 spiro atoms. The second-order valence-electron chi connectivity index (χ2n) is 4.39. The minimum absolute atomic E-state index is 0.0914. The van der Waals surface area contributed by atoms with Crippen LogP contribution >= 0.6 is 11.3 Å². The van der Waals surface area contributed by atoms with Gasteiger partial charge in [0.05, 0.1) is 23.5 Å². The second-order valence-corrected chi connectivity index (χ2v) is 5.41. The quantitative estimate of drug-likeness (QED) is 0.553. The molecule has 0 aliphatic carbocycles. The van der Waals surface area contributed by atoms with E-state index in [1.54, 1.807) is 12.4 Å². The van der Waals surface area contributed by atoms with Gasteiger partial charge in [0, 0.05) is 18.8 Å². The molecule has 112 valence electrons. The molecule has 0 saturated carbocycles. The maximum Gasteiger partial charge on any atom is 0.263 e. The number of rotatable bonds is 5. The van der Waals surface area contributed by atoms with Crippen LogP contribution in [0, 0.1) is 0 Å². The molecule has 2 aromatic rings. The molecule has 2 heterocycles. The molecule has 2 amide bonds. The zero-order chi connectivity index (χ0) is 15.6. The number of H-pyrrole nitrogens is 1. The van der Waals surface area contributed by atoms with Crippen molar-refractivity contribution in [1.29, 1.82) is 0 Å². The molecule has 0 radical (unpaired) electrons.